The van der Waals surface area contributed by atoms with Crippen LogP contribution in [0.2, 0.25) is 0 Å². The van der Waals surface area contributed by atoms with Gasteiger partial charge in [-0.1, -0.05) is 103 Å². The molecule has 1 fully saturated rings. The number of ketones is 2. The van der Waals surface area contributed by atoms with Crippen molar-refractivity contribution in [3.8, 4) is 29.1 Å². The minimum Gasteiger partial charge on any atom is -0.508 e. The first kappa shape index (κ1) is 45.6. The highest BCUT2D eigenvalue weighted by atomic mass is 33.1. The van der Waals surface area contributed by atoms with Crippen molar-refractivity contribution in [2.45, 2.75) is 122 Å². The van der Waals surface area contributed by atoms with Gasteiger partial charge in [-0.15, -0.1) is 0 Å². The average molecular weight is 874 g/mol. The maximum absolute atomic E-state index is 14.2. The second-order valence-electron chi connectivity index (χ2n) is 17.9. The van der Waals surface area contributed by atoms with Crippen molar-refractivity contribution in [2.24, 2.45) is 28.7 Å². The Morgan fingerprint density at radius 1 is 0.952 bits per heavy atom. The van der Waals surface area contributed by atoms with Gasteiger partial charge in [0.05, 0.1) is 19.2 Å². The number of carbonyl (C=O) groups excluding carboxylic acids is 2. The highest BCUT2D eigenvalue weighted by molar-refractivity contribution is 8.76. The average Bonchev–Trinajstić information content (AvgIpc) is 3.91. The number of Topliss-reactive ketones (excluding diaryl/α,β-unsaturated/α-hetero) is 1. The zero-order valence-electron chi connectivity index (χ0n) is 36.3. The molecule has 1 saturated carbocycles. The molecule has 2 aliphatic carbocycles. The van der Waals surface area contributed by atoms with Crippen molar-refractivity contribution in [3.05, 3.63) is 123 Å². The predicted octanol–water partition coefficient (Wildman–Crippen LogP) is 11.0. The number of aromatic nitrogens is 1. The number of rotatable bonds is 8. The minimum atomic E-state index is -0.726. The number of allylic oxidation sites excluding steroid dienone is 2. The van der Waals surface area contributed by atoms with Gasteiger partial charge in [0, 0.05) is 65.3 Å². The first-order chi connectivity index (χ1) is 30.0. The number of nitrogens with one attached hydrogen (secondary N) is 1. The van der Waals surface area contributed by atoms with Crippen molar-refractivity contribution in [1.82, 2.24) is 4.98 Å². The number of ether oxygens (including phenoxy) is 1. The van der Waals surface area contributed by atoms with E-state index in [-0.39, 0.29) is 41.5 Å². The van der Waals surface area contributed by atoms with Gasteiger partial charge < -0.3 is 31.4 Å². The van der Waals surface area contributed by atoms with Crippen LogP contribution in [0.3, 0.4) is 0 Å². The van der Waals surface area contributed by atoms with Gasteiger partial charge in [0.2, 0.25) is 0 Å². The van der Waals surface area contributed by atoms with Crippen molar-refractivity contribution < 1.29 is 24.5 Å². The van der Waals surface area contributed by atoms with E-state index in [0.29, 0.717) is 60.1 Å². The first-order valence-electron chi connectivity index (χ1n) is 22.6. The summed E-state index contributed by atoms with van der Waals surface area (Å²) in [5.41, 5.74) is 20.2. The molecule has 3 aliphatic rings. The summed E-state index contributed by atoms with van der Waals surface area (Å²) in [5.74, 6) is 9.63. The van der Waals surface area contributed by atoms with E-state index in [2.05, 4.69) is 42.8 Å². The number of H-pyrrole nitrogens is 1. The van der Waals surface area contributed by atoms with Gasteiger partial charge in [-0.05, 0) is 120 Å². The van der Waals surface area contributed by atoms with Crippen LogP contribution in [0.4, 0.5) is 0 Å². The van der Waals surface area contributed by atoms with Crippen LogP contribution in [0, 0.1) is 29.1 Å². The van der Waals surface area contributed by atoms with Gasteiger partial charge in [-0.2, -0.15) is 0 Å². The predicted molar refractivity (Wildman–Crippen MR) is 254 cm³/mol. The summed E-state index contributed by atoms with van der Waals surface area (Å²) in [4.78, 5) is 30.8. The Kier molecular flexibility index (Phi) is 15.7. The zero-order valence-corrected chi connectivity index (χ0v) is 38.0. The molecule has 328 valence electrons. The van der Waals surface area contributed by atoms with Crippen LogP contribution in [-0.2, 0) is 29.8 Å². The Morgan fingerprint density at radius 2 is 1.77 bits per heavy atom. The summed E-state index contributed by atoms with van der Waals surface area (Å²) in [7, 11) is 3.68. The van der Waals surface area contributed by atoms with Crippen LogP contribution in [0.5, 0.6) is 17.2 Å². The minimum absolute atomic E-state index is 0.0139. The number of phenolic OH excluding ortho intramolecular Hbond substituents is 2. The third kappa shape index (κ3) is 11.6. The summed E-state index contributed by atoms with van der Waals surface area (Å²) in [5, 5.41) is 22.3. The number of hydrogen-bond acceptors (Lipinski definition) is 9. The summed E-state index contributed by atoms with van der Waals surface area (Å²) in [6.45, 7) is 4.90. The molecule has 7 rings (SSSR count). The lowest BCUT2D eigenvalue weighted by Gasteiger charge is -2.28. The standard InChI is InChI=1S/C52H63N3O5S2/c1-3-4-5-7-34(2)16-21-52-22-17-37(31-52)32-61-62-33-39-29-42-38(28-43(39)51(53)54)8-6-9-46-41(19-24-55-46)49(59)30-44(42)45-26-36(11-14-47(45)57)20-25-60-50-27-35(12-15-48(50)58)10-13-40(56)18-23-52/h11-12,14-15,18-19,23-24,26-29,34,37,44,51,55,57-58H,3-5,7,9-10,13,16-17,20-22,25,30-33,53-54H2,1-2H3. The lowest BCUT2D eigenvalue weighted by molar-refractivity contribution is -0.114. The molecule has 10 heteroatoms. The van der Waals surface area contributed by atoms with E-state index < -0.39 is 12.1 Å². The highest BCUT2D eigenvalue weighted by Crippen LogP contribution is 2.49. The van der Waals surface area contributed by atoms with Gasteiger partial charge in [0.1, 0.15) is 5.75 Å². The van der Waals surface area contributed by atoms with Crippen LogP contribution in [0.25, 0.3) is 0 Å². The molecule has 0 radical (unpaired) electrons. The van der Waals surface area contributed by atoms with Crippen LogP contribution in [-0.4, -0.2) is 39.1 Å². The fourth-order valence-electron chi connectivity index (χ4n) is 9.55. The van der Waals surface area contributed by atoms with E-state index in [0.717, 1.165) is 70.5 Å². The third-order valence-electron chi connectivity index (χ3n) is 13.3. The fraction of sp³-hybridized carbons (Fsp3) is 0.462. The van der Waals surface area contributed by atoms with E-state index in [1.807, 2.05) is 53.3 Å². The van der Waals surface area contributed by atoms with Crippen molar-refractivity contribution >= 4 is 33.2 Å². The number of aromatic hydroxyl groups is 2. The fourth-order valence-corrected chi connectivity index (χ4v) is 12.1. The van der Waals surface area contributed by atoms with Gasteiger partial charge in [-0.25, -0.2) is 0 Å². The Bertz CT molecular complexity index is 2310. The van der Waals surface area contributed by atoms with E-state index >= 15 is 0 Å². The number of hydrogen-bond donors (Lipinski definition) is 5. The molecule has 4 atom stereocenters. The number of aromatic amines is 1. The topological polar surface area (TPSA) is 152 Å². The van der Waals surface area contributed by atoms with Crippen LogP contribution >= 0.6 is 21.6 Å². The number of nitrogens with two attached hydrogens (primary N) is 2. The van der Waals surface area contributed by atoms with Crippen molar-refractivity contribution in [3.63, 3.8) is 0 Å². The van der Waals surface area contributed by atoms with Gasteiger partial charge in [-0.3, -0.25) is 9.59 Å². The highest BCUT2D eigenvalue weighted by Gasteiger charge is 2.37. The number of benzene rings is 3. The SMILES string of the molecule is CCCCCC(C)CCC12C=CC(=O)CCc3ccc(O)c(c3)OCCc3ccc(O)c(c3)C3CC(=O)c4cc[nH]c4CC#Cc4cc(C(N)N)c(cc43)CSSCC(CC1)C2. The molecule has 4 unspecified atom stereocenters. The summed E-state index contributed by atoms with van der Waals surface area (Å²) < 4.78 is 6.16. The zero-order chi connectivity index (χ0) is 43.6. The second kappa shape index (κ2) is 21.3. The molecule has 0 saturated heterocycles. The Hall–Kier alpha value is -4.40. The van der Waals surface area contributed by atoms with E-state index in [1.165, 1.54) is 32.1 Å². The molecule has 1 aliphatic heterocycles. The van der Waals surface area contributed by atoms with Crippen LogP contribution < -0.4 is 16.2 Å². The number of fused-ring (bicyclic) bond motifs is 9. The molecule has 7 N–H and O–H groups in total. The normalized spacial score (nSPS) is 21.5. The van der Waals surface area contributed by atoms with Gasteiger partial charge in [0.15, 0.2) is 23.1 Å². The molecule has 0 spiro atoms. The number of aryl methyl sites for hydroxylation is 1. The van der Waals surface area contributed by atoms with E-state index in [4.69, 9.17) is 16.2 Å². The number of phenols is 2. The van der Waals surface area contributed by atoms with Gasteiger partial charge in [0.25, 0.3) is 0 Å². The Labute approximate surface area is 375 Å². The lowest BCUT2D eigenvalue weighted by atomic mass is 9.78. The summed E-state index contributed by atoms with van der Waals surface area (Å²) in [6.07, 6.45) is 17.7. The lowest BCUT2D eigenvalue weighted by Crippen LogP contribution is -2.22. The monoisotopic (exact) mass is 873 g/mol. The number of unbranched alkanes of at least 4 members (excludes halogenated alkanes) is 2. The van der Waals surface area contributed by atoms with Crippen LogP contribution in [0.15, 0.2) is 72.9 Å². The second-order valence-corrected chi connectivity index (χ2v) is 20.5. The molecule has 3 aromatic carbocycles. The quantitative estimate of drug-likeness (QED) is 0.0504. The first-order valence-corrected chi connectivity index (χ1v) is 25.1. The molecule has 4 aromatic rings. The molecule has 1 aromatic heterocycles. The molecule has 8 nitrogen and oxygen atoms in total. The maximum Gasteiger partial charge on any atom is 0.165 e. The molecule has 2 heterocycles. The molecular weight excluding hydrogens is 811 g/mol. The largest absolute Gasteiger partial charge is 0.508 e. The van der Waals surface area contributed by atoms with E-state index in [9.17, 15) is 19.8 Å². The van der Waals surface area contributed by atoms with Crippen molar-refractivity contribution in [2.75, 3.05) is 12.4 Å². The summed E-state index contributed by atoms with van der Waals surface area (Å²) >= 11 is 0. The van der Waals surface area contributed by atoms with Crippen LogP contribution in [0.1, 0.15) is 152 Å². The Balaban J connectivity index is 1.23. The Morgan fingerprint density at radius 3 is 2.60 bits per heavy atom. The molecule has 62 heavy (non-hydrogen) atoms. The molecule has 0 amide bonds. The van der Waals surface area contributed by atoms with Gasteiger partial charge >= 0.3 is 0 Å². The molecule has 8 bridgehead atoms. The van der Waals surface area contributed by atoms with Crippen molar-refractivity contribution in [1.29, 1.82) is 0 Å². The van der Waals surface area contributed by atoms with E-state index in [1.54, 1.807) is 29.1 Å². The third-order valence-corrected chi connectivity index (χ3v) is 15.7. The summed E-state index contributed by atoms with van der Waals surface area (Å²) in [6, 6.07) is 16.7. The maximum atomic E-state index is 14.2. The molecular formula is C52H63N3O5S2. The smallest absolute Gasteiger partial charge is 0.165 e. The number of carbonyl (C=O) groups is 2.